The molecule has 0 amide bonds. The minimum atomic E-state index is 0.606. The lowest BCUT2D eigenvalue weighted by molar-refractivity contribution is 0.411. The Morgan fingerprint density at radius 1 is 1.18 bits per heavy atom. The topological polar surface area (TPSA) is 64.9 Å². The molecule has 0 bridgehead atoms. The molecule has 2 aromatic carbocycles. The summed E-state index contributed by atoms with van der Waals surface area (Å²) in [7, 11) is 1.69. The van der Waals surface area contributed by atoms with Gasteiger partial charge in [-0.25, -0.2) is 4.68 Å². The minimum absolute atomic E-state index is 0.606. The standard InChI is InChI=1S/C16H19N5O/c1-3-10-21-16(18-19-20-21)17-11-14-13-7-5-4-6-12(13)8-9-15(14)22-2/h4-9H,3,10-11H2,1-2H3,(H,17,18,20). The van der Waals surface area contributed by atoms with Crippen LogP contribution in [0.5, 0.6) is 5.75 Å². The van der Waals surface area contributed by atoms with E-state index in [1.807, 2.05) is 18.2 Å². The number of anilines is 1. The molecule has 0 saturated heterocycles. The van der Waals surface area contributed by atoms with E-state index in [2.05, 4.69) is 46.0 Å². The van der Waals surface area contributed by atoms with Gasteiger partial charge in [0.05, 0.1) is 7.11 Å². The van der Waals surface area contributed by atoms with E-state index in [4.69, 9.17) is 4.74 Å². The second kappa shape index (κ2) is 6.43. The van der Waals surface area contributed by atoms with Crippen LogP contribution in [-0.4, -0.2) is 27.3 Å². The van der Waals surface area contributed by atoms with Gasteiger partial charge in [-0.1, -0.05) is 42.4 Å². The monoisotopic (exact) mass is 297 g/mol. The highest BCUT2D eigenvalue weighted by atomic mass is 16.5. The van der Waals surface area contributed by atoms with Gasteiger partial charge in [0.1, 0.15) is 5.75 Å². The van der Waals surface area contributed by atoms with Crippen LogP contribution in [0.15, 0.2) is 36.4 Å². The van der Waals surface area contributed by atoms with Gasteiger partial charge in [0, 0.05) is 18.7 Å². The number of tetrazole rings is 1. The normalized spacial score (nSPS) is 10.8. The molecule has 0 aliphatic heterocycles. The van der Waals surface area contributed by atoms with Crippen molar-refractivity contribution in [1.29, 1.82) is 0 Å². The number of rotatable bonds is 6. The Morgan fingerprint density at radius 3 is 2.86 bits per heavy atom. The van der Waals surface area contributed by atoms with Crippen molar-refractivity contribution in [3.8, 4) is 5.75 Å². The number of hydrogen-bond acceptors (Lipinski definition) is 5. The van der Waals surface area contributed by atoms with Crippen LogP contribution in [0.1, 0.15) is 18.9 Å². The van der Waals surface area contributed by atoms with Gasteiger partial charge in [0.15, 0.2) is 0 Å². The molecule has 0 fully saturated rings. The van der Waals surface area contributed by atoms with E-state index in [0.29, 0.717) is 12.5 Å². The van der Waals surface area contributed by atoms with Crippen LogP contribution in [0.3, 0.4) is 0 Å². The Bertz CT molecular complexity index is 768. The lowest BCUT2D eigenvalue weighted by Gasteiger charge is -2.13. The van der Waals surface area contributed by atoms with E-state index >= 15 is 0 Å². The van der Waals surface area contributed by atoms with Crippen molar-refractivity contribution in [3.05, 3.63) is 42.0 Å². The number of ether oxygens (including phenoxy) is 1. The first-order valence-electron chi connectivity index (χ1n) is 7.38. The van der Waals surface area contributed by atoms with Gasteiger partial charge in [-0.15, -0.1) is 0 Å². The van der Waals surface area contributed by atoms with Gasteiger partial charge in [-0.05, 0) is 33.7 Å². The van der Waals surface area contributed by atoms with Gasteiger partial charge < -0.3 is 10.1 Å². The molecule has 3 aromatic rings. The Hall–Kier alpha value is -2.63. The highest BCUT2D eigenvalue weighted by Gasteiger charge is 2.10. The van der Waals surface area contributed by atoms with E-state index in [0.717, 1.165) is 24.3 Å². The molecule has 0 unspecified atom stereocenters. The second-order valence-corrected chi connectivity index (χ2v) is 5.05. The number of fused-ring (bicyclic) bond motifs is 1. The second-order valence-electron chi connectivity index (χ2n) is 5.05. The molecular weight excluding hydrogens is 278 g/mol. The van der Waals surface area contributed by atoms with Gasteiger partial charge in [0.25, 0.3) is 0 Å². The van der Waals surface area contributed by atoms with Crippen molar-refractivity contribution in [3.63, 3.8) is 0 Å². The molecule has 0 radical (unpaired) electrons. The maximum Gasteiger partial charge on any atom is 0.243 e. The summed E-state index contributed by atoms with van der Waals surface area (Å²) in [6, 6.07) is 12.3. The number of aryl methyl sites for hydroxylation is 1. The van der Waals surface area contributed by atoms with Crippen LogP contribution in [0, 0.1) is 0 Å². The van der Waals surface area contributed by atoms with Crippen molar-refractivity contribution in [1.82, 2.24) is 20.2 Å². The third-order valence-corrected chi connectivity index (χ3v) is 3.61. The molecule has 0 aliphatic carbocycles. The van der Waals surface area contributed by atoms with Gasteiger partial charge in [-0.3, -0.25) is 0 Å². The summed E-state index contributed by atoms with van der Waals surface area (Å²) in [6.07, 6.45) is 0.983. The van der Waals surface area contributed by atoms with Crippen LogP contribution in [0.25, 0.3) is 10.8 Å². The number of methoxy groups -OCH3 is 1. The van der Waals surface area contributed by atoms with Gasteiger partial charge in [-0.2, -0.15) is 0 Å². The zero-order valence-corrected chi connectivity index (χ0v) is 12.8. The molecule has 0 aliphatic rings. The van der Waals surface area contributed by atoms with Crippen molar-refractivity contribution < 1.29 is 4.74 Å². The molecule has 22 heavy (non-hydrogen) atoms. The maximum atomic E-state index is 5.50. The summed E-state index contributed by atoms with van der Waals surface area (Å²) in [6.45, 7) is 3.50. The predicted molar refractivity (Wildman–Crippen MR) is 85.9 cm³/mol. The first-order valence-corrected chi connectivity index (χ1v) is 7.38. The van der Waals surface area contributed by atoms with Crippen molar-refractivity contribution in [2.24, 2.45) is 0 Å². The molecule has 1 heterocycles. The van der Waals surface area contributed by atoms with E-state index in [1.165, 1.54) is 10.8 Å². The average Bonchev–Trinajstić information content (AvgIpc) is 3.00. The number of benzene rings is 2. The number of nitrogens with one attached hydrogen (secondary N) is 1. The van der Waals surface area contributed by atoms with Gasteiger partial charge >= 0.3 is 0 Å². The lowest BCUT2D eigenvalue weighted by atomic mass is 10.0. The molecule has 6 nitrogen and oxygen atoms in total. The number of nitrogens with zero attached hydrogens (tertiary/aromatic N) is 4. The van der Waals surface area contributed by atoms with Crippen LogP contribution < -0.4 is 10.1 Å². The zero-order chi connectivity index (χ0) is 15.4. The fourth-order valence-electron chi connectivity index (χ4n) is 2.55. The fourth-order valence-corrected chi connectivity index (χ4v) is 2.55. The largest absolute Gasteiger partial charge is 0.496 e. The molecule has 3 rings (SSSR count). The van der Waals surface area contributed by atoms with E-state index in [1.54, 1.807) is 11.8 Å². The Kier molecular flexibility index (Phi) is 4.18. The molecule has 6 heteroatoms. The lowest BCUT2D eigenvalue weighted by Crippen LogP contribution is -2.09. The Labute approximate surface area is 129 Å². The molecule has 0 atom stereocenters. The quantitative estimate of drug-likeness (QED) is 0.758. The fraction of sp³-hybridized carbons (Fsp3) is 0.312. The number of hydrogen-bond donors (Lipinski definition) is 1. The van der Waals surface area contributed by atoms with E-state index in [-0.39, 0.29) is 0 Å². The summed E-state index contributed by atoms with van der Waals surface area (Å²) < 4.78 is 7.28. The summed E-state index contributed by atoms with van der Waals surface area (Å²) in [5.41, 5.74) is 1.10. The first kappa shape index (κ1) is 14.3. The van der Waals surface area contributed by atoms with E-state index in [9.17, 15) is 0 Å². The summed E-state index contributed by atoms with van der Waals surface area (Å²) >= 11 is 0. The minimum Gasteiger partial charge on any atom is -0.496 e. The van der Waals surface area contributed by atoms with Crippen molar-refractivity contribution >= 4 is 16.7 Å². The summed E-state index contributed by atoms with van der Waals surface area (Å²) in [5, 5.41) is 17.4. The van der Waals surface area contributed by atoms with E-state index < -0.39 is 0 Å². The van der Waals surface area contributed by atoms with Crippen LogP contribution in [-0.2, 0) is 13.1 Å². The molecule has 0 saturated carbocycles. The average molecular weight is 297 g/mol. The third kappa shape index (κ3) is 2.72. The Morgan fingerprint density at radius 2 is 2.05 bits per heavy atom. The maximum absolute atomic E-state index is 5.50. The molecule has 1 N–H and O–H groups in total. The summed E-state index contributed by atoms with van der Waals surface area (Å²) in [5.74, 6) is 1.54. The van der Waals surface area contributed by atoms with Gasteiger partial charge in [0.2, 0.25) is 5.95 Å². The van der Waals surface area contributed by atoms with Crippen molar-refractivity contribution in [2.45, 2.75) is 26.4 Å². The molecule has 114 valence electrons. The molecular formula is C16H19N5O. The third-order valence-electron chi connectivity index (χ3n) is 3.61. The number of aromatic nitrogens is 4. The van der Waals surface area contributed by atoms with Crippen molar-refractivity contribution in [2.75, 3.05) is 12.4 Å². The molecule has 1 aromatic heterocycles. The highest BCUT2D eigenvalue weighted by Crippen LogP contribution is 2.28. The SMILES string of the molecule is CCCn1nnnc1NCc1c(OC)ccc2ccccc12. The smallest absolute Gasteiger partial charge is 0.243 e. The first-order chi connectivity index (χ1) is 10.8. The highest BCUT2D eigenvalue weighted by molar-refractivity contribution is 5.87. The molecule has 0 spiro atoms. The predicted octanol–water partition coefficient (Wildman–Crippen LogP) is 2.86. The summed E-state index contributed by atoms with van der Waals surface area (Å²) in [4.78, 5) is 0. The van der Waals surface area contributed by atoms with Crippen LogP contribution in [0.2, 0.25) is 0 Å². The Balaban J connectivity index is 1.91. The van der Waals surface area contributed by atoms with Crippen LogP contribution in [0.4, 0.5) is 5.95 Å². The van der Waals surface area contributed by atoms with Crippen LogP contribution >= 0.6 is 0 Å². The zero-order valence-electron chi connectivity index (χ0n) is 12.8.